The number of rotatable bonds is 12. The van der Waals surface area contributed by atoms with Crippen LogP contribution in [0.15, 0.2) is 42.5 Å². The smallest absolute Gasteiger partial charge is 0.243 e. The van der Waals surface area contributed by atoms with Crippen LogP contribution in [-0.2, 0) is 32.6 Å². The zero-order valence-corrected chi connectivity index (χ0v) is 25.0. The third kappa shape index (κ3) is 8.78. The summed E-state index contributed by atoms with van der Waals surface area (Å²) >= 11 is 0. The number of hydrogen-bond donors (Lipinski definition) is 4. The van der Waals surface area contributed by atoms with E-state index >= 15 is 0 Å². The van der Waals surface area contributed by atoms with Crippen LogP contribution in [0.1, 0.15) is 58.2 Å². The standard InChI is InChI=1S/C31H45FN4O4/c1-9-34-28(38)24(18-21-12-15-26(37)23(16-21)31(4,5)6)35-29(39)27(19(2)3)36(8)30(40)25(33-7)17-20-10-13-22(32)14-11-20/h10-16,19,24-25,27,33,37H,9,17-18H2,1-8H3,(H,34,38)(H,35,39). The van der Waals surface area contributed by atoms with Crippen molar-refractivity contribution in [1.82, 2.24) is 20.9 Å². The molecule has 40 heavy (non-hydrogen) atoms. The minimum atomic E-state index is -0.881. The second-order valence-corrected chi connectivity index (χ2v) is 11.6. The minimum Gasteiger partial charge on any atom is -0.508 e. The second-order valence-electron chi connectivity index (χ2n) is 11.6. The molecule has 3 amide bonds. The summed E-state index contributed by atoms with van der Waals surface area (Å²) in [6.07, 6.45) is 0.540. The fourth-order valence-electron chi connectivity index (χ4n) is 4.79. The number of nitrogens with zero attached hydrogens (tertiary/aromatic N) is 1. The van der Waals surface area contributed by atoms with E-state index in [0.717, 1.165) is 16.7 Å². The fourth-order valence-corrected chi connectivity index (χ4v) is 4.79. The molecule has 0 aliphatic heterocycles. The molecule has 0 aliphatic rings. The molecule has 2 rings (SSSR count). The van der Waals surface area contributed by atoms with Gasteiger partial charge in [0.25, 0.3) is 0 Å². The largest absolute Gasteiger partial charge is 0.508 e. The first-order valence-corrected chi connectivity index (χ1v) is 13.8. The summed E-state index contributed by atoms with van der Waals surface area (Å²) in [6.45, 7) is 11.9. The quantitative estimate of drug-likeness (QED) is 0.321. The minimum absolute atomic E-state index is 0.176. The summed E-state index contributed by atoms with van der Waals surface area (Å²) in [5, 5.41) is 19.0. The van der Waals surface area contributed by atoms with Crippen molar-refractivity contribution < 1.29 is 23.9 Å². The lowest BCUT2D eigenvalue weighted by atomic mass is 9.84. The Hall–Kier alpha value is -3.46. The van der Waals surface area contributed by atoms with E-state index in [9.17, 15) is 23.9 Å². The van der Waals surface area contributed by atoms with Gasteiger partial charge in [0.15, 0.2) is 0 Å². The van der Waals surface area contributed by atoms with Gasteiger partial charge >= 0.3 is 0 Å². The predicted octanol–water partition coefficient (Wildman–Crippen LogP) is 3.31. The highest BCUT2D eigenvalue weighted by molar-refractivity contribution is 5.93. The molecule has 0 aliphatic carbocycles. The molecule has 2 aromatic carbocycles. The highest BCUT2D eigenvalue weighted by Gasteiger charge is 2.35. The van der Waals surface area contributed by atoms with E-state index in [-0.39, 0.29) is 41.1 Å². The number of halogens is 1. The number of nitrogens with one attached hydrogen (secondary N) is 3. The summed E-state index contributed by atoms with van der Waals surface area (Å²) in [5.41, 5.74) is 2.01. The molecule has 0 saturated heterocycles. The van der Waals surface area contributed by atoms with Crippen LogP contribution in [0.25, 0.3) is 0 Å². The van der Waals surface area contributed by atoms with E-state index in [4.69, 9.17) is 0 Å². The normalized spacial score (nSPS) is 13.8. The number of carbonyl (C=O) groups is 3. The topological polar surface area (TPSA) is 111 Å². The third-order valence-electron chi connectivity index (χ3n) is 6.96. The number of hydrogen-bond acceptors (Lipinski definition) is 5. The first kappa shape index (κ1) is 32.8. The van der Waals surface area contributed by atoms with Gasteiger partial charge in [-0.15, -0.1) is 0 Å². The zero-order valence-electron chi connectivity index (χ0n) is 25.0. The first-order valence-electron chi connectivity index (χ1n) is 13.8. The van der Waals surface area contributed by atoms with Crippen LogP contribution in [0.2, 0.25) is 0 Å². The zero-order chi connectivity index (χ0) is 30.2. The lowest BCUT2D eigenvalue weighted by Crippen LogP contribution is -2.58. The van der Waals surface area contributed by atoms with Crippen LogP contribution in [0.5, 0.6) is 5.75 Å². The SMILES string of the molecule is CCNC(=O)C(Cc1ccc(O)c(C(C)(C)C)c1)NC(=O)C(C(C)C)N(C)C(=O)C(Cc1ccc(F)cc1)NC. The number of phenolic OH excluding ortho intramolecular Hbond substituents is 1. The van der Waals surface area contributed by atoms with Crippen molar-refractivity contribution in [3.8, 4) is 5.75 Å². The van der Waals surface area contributed by atoms with Crippen LogP contribution in [0.3, 0.4) is 0 Å². The Bertz CT molecular complexity index is 1160. The number of likely N-dealkylation sites (N-methyl/N-ethyl adjacent to an activating group) is 3. The molecular formula is C31H45FN4O4. The van der Waals surface area contributed by atoms with E-state index in [1.54, 1.807) is 45.3 Å². The average Bonchev–Trinajstić information content (AvgIpc) is 2.87. The van der Waals surface area contributed by atoms with Crippen LogP contribution in [-0.4, -0.2) is 66.5 Å². The van der Waals surface area contributed by atoms with Gasteiger partial charge in [-0.05, 0) is 66.6 Å². The van der Waals surface area contributed by atoms with Crippen molar-refractivity contribution in [2.24, 2.45) is 5.92 Å². The van der Waals surface area contributed by atoms with Gasteiger partial charge in [0.1, 0.15) is 23.7 Å². The van der Waals surface area contributed by atoms with Crippen molar-refractivity contribution in [1.29, 1.82) is 0 Å². The Kier molecular flexibility index (Phi) is 11.7. The number of carbonyl (C=O) groups excluding carboxylic acids is 3. The molecule has 0 heterocycles. The van der Waals surface area contributed by atoms with E-state index in [0.29, 0.717) is 13.0 Å². The first-order chi connectivity index (χ1) is 18.7. The van der Waals surface area contributed by atoms with Gasteiger partial charge in [0, 0.05) is 20.0 Å². The van der Waals surface area contributed by atoms with Crippen LogP contribution < -0.4 is 16.0 Å². The Morgan fingerprint density at radius 1 is 0.950 bits per heavy atom. The second kappa shape index (κ2) is 14.3. The Labute approximate surface area is 237 Å². The molecule has 0 saturated carbocycles. The third-order valence-corrected chi connectivity index (χ3v) is 6.96. The summed E-state index contributed by atoms with van der Waals surface area (Å²) in [5.74, 6) is -1.48. The molecule has 3 unspecified atom stereocenters. The summed E-state index contributed by atoms with van der Waals surface area (Å²) < 4.78 is 13.3. The summed E-state index contributed by atoms with van der Waals surface area (Å²) in [7, 11) is 3.25. The summed E-state index contributed by atoms with van der Waals surface area (Å²) in [6, 6.07) is 8.82. The van der Waals surface area contributed by atoms with E-state index in [2.05, 4.69) is 16.0 Å². The van der Waals surface area contributed by atoms with Crippen molar-refractivity contribution in [2.75, 3.05) is 20.6 Å². The number of benzene rings is 2. The molecular weight excluding hydrogens is 511 g/mol. The van der Waals surface area contributed by atoms with Crippen LogP contribution in [0, 0.1) is 11.7 Å². The van der Waals surface area contributed by atoms with Gasteiger partial charge in [-0.3, -0.25) is 14.4 Å². The number of phenols is 1. The van der Waals surface area contributed by atoms with Crippen molar-refractivity contribution >= 4 is 17.7 Å². The molecule has 220 valence electrons. The fraction of sp³-hybridized carbons (Fsp3) is 0.516. The van der Waals surface area contributed by atoms with Crippen molar-refractivity contribution in [3.05, 3.63) is 65.0 Å². The highest BCUT2D eigenvalue weighted by Crippen LogP contribution is 2.31. The Morgan fingerprint density at radius 3 is 2.05 bits per heavy atom. The van der Waals surface area contributed by atoms with Gasteiger partial charge in [-0.2, -0.15) is 0 Å². The van der Waals surface area contributed by atoms with E-state index in [1.807, 2.05) is 40.7 Å². The maximum atomic E-state index is 13.6. The molecule has 0 radical (unpaired) electrons. The lowest BCUT2D eigenvalue weighted by molar-refractivity contribution is -0.142. The average molecular weight is 557 g/mol. The molecule has 8 nitrogen and oxygen atoms in total. The maximum Gasteiger partial charge on any atom is 0.243 e. The highest BCUT2D eigenvalue weighted by atomic mass is 19.1. The van der Waals surface area contributed by atoms with Crippen LogP contribution >= 0.6 is 0 Å². The lowest BCUT2D eigenvalue weighted by Gasteiger charge is -2.34. The van der Waals surface area contributed by atoms with Crippen molar-refractivity contribution in [2.45, 2.75) is 77.9 Å². The predicted molar refractivity (Wildman–Crippen MR) is 155 cm³/mol. The molecule has 2 aromatic rings. The van der Waals surface area contributed by atoms with E-state index < -0.39 is 24.0 Å². The summed E-state index contributed by atoms with van der Waals surface area (Å²) in [4.78, 5) is 41.6. The van der Waals surface area contributed by atoms with Gasteiger partial charge in [-0.25, -0.2) is 4.39 Å². The Balaban J connectivity index is 2.28. The van der Waals surface area contributed by atoms with Gasteiger partial charge in [0.2, 0.25) is 17.7 Å². The molecule has 0 spiro atoms. The molecule has 0 bridgehead atoms. The Morgan fingerprint density at radius 2 is 1.52 bits per heavy atom. The van der Waals surface area contributed by atoms with E-state index in [1.165, 1.54) is 17.0 Å². The molecule has 3 atom stereocenters. The van der Waals surface area contributed by atoms with Crippen molar-refractivity contribution in [3.63, 3.8) is 0 Å². The van der Waals surface area contributed by atoms with Gasteiger partial charge in [-0.1, -0.05) is 58.9 Å². The molecule has 0 fully saturated rings. The van der Waals surface area contributed by atoms with Gasteiger partial charge in [0.05, 0.1) is 6.04 Å². The molecule has 0 aromatic heterocycles. The number of aromatic hydroxyl groups is 1. The van der Waals surface area contributed by atoms with Crippen LogP contribution in [0.4, 0.5) is 4.39 Å². The molecule has 4 N–H and O–H groups in total. The maximum absolute atomic E-state index is 13.6. The van der Waals surface area contributed by atoms with Gasteiger partial charge < -0.3 is 26.0 Å². The monoisotopic (exact) mass is 556 g/mol. The molecule has 9 heteroatoms. The number of amides is 3.